The number of carbonyl (C=O) groups is 1. The molecule has 2 aromatic carbocycles. The van der Waals surface area contributed by atoms with Crippen LogP contribution in [0.4, 0.5) is 8.78 Å². The van der Waals surface area contributed by atoms with Crippen molar-refractivity contribution >= 4 is 18.1 Å². The molecule has 146 valence electrons. The molecule has 8 heteroatoms. The summed E-state index contributed by atoms with van der Waals surface area (Å²) in [5.41, 5.74) is 2.29. The van der Waals surface area contributed by atoms with Crippen LogP contribution in [0.5, 0.6) is 0 Å². The molecule has 0 aliphatic carbocycles. The lowest BCUT2D eigenvalue weighted by atomic mass is 10.1. The van der Waals surface area contributed by atoms with Gasteiger partial charge in [-0.15, -0.1) is 0 Å². The Labute approximate surface area is 166 Å². The minimum Gasteiger partial charge on any atom is -0.341 e. The average molecular weight is 402 g/mol. The third kappa shape index (κ3) is 4.51. The SMILES string of the molecule is Cc1ccc(-c2n[nH]c(=S)n2CCC(=O)N(C)Cc2ccc(F)cc2F)cc1. The number of aromatic nitrogens is 3. The van der Waals surface area contributed by atoms with Gasteiger partial charge in [0.05, 0.1) is 0 Å². The summed E-state index contributed by atoms with van der Waals surface area (Å²) in [6.07, 6.45) is 0.173. The molecule has 1 amide bonds. The third-order valence-electron chi connectivity index (χ3n) is 4.47. The van der Waals surface area contributed by atoms with E-state index in [4.69, 9.17) is 12.2 Å². The molecule has 5 nitrogen and oxygen atoms in total. The molecule has 3 rings (SSSR count). The van der Waals surface area contributed by atoms with Gasteiger partial charge < -0.3 is 4.90 Å². The Hall–Kier alpha value is -2.87. The Morgan fingerprint density at radius 2 is 1.93 bits per heavy atom. The largest absolute Gasteiger partial charge is 0.341 e. The quantitative estimate of drug-likeness (QED) is 0.628. The lowest BCUT2D eigenvalue weighted by Gasteiger charge is -2.18. The van der Waals surface area contributed by atoms with Crippen LogP contribution in [0.2, 0.25) is 0 Å². The van der Waals surface area contributed by atoms with Gasteiger partial charge in [0.1, 0.15) is 11.6 Å². The number of hydrogen-bond acceptors (Lipinski definition) is 3. The second-order valence-corrected chi connectivity index (χ2v) is 6.99. The monoisotopic (exact) mass is 402 g/mol. The number of amides is 1. The van der Waals surface area contributed by atoms with Crippen LogP contribution >= 0.6 is 12.2 Å². The van der Waals surface area contributed by atoms with E-state index in [0.717, 1.165) is 17.2 Å². The fourth-order valence-corrected chi connectivity index (χ4v) is 3.06. The summed E-state index contributed by atoms with van der Waals surface area (Å²) in [6.45, 7) is 2.40. The molecule has 3 aromatic rings. The van der Waals surface area contributed by atoms with Crippen molar-refractivity contribution in [3.05, 3.63) is 70.0 Å². The maximum Gasteiger partial charge on any atom is 0.224 e. The Kier molecular flexibility index (Phi) is 5.99. The molecule has 0 saturated heterocycles. The number of H-pyrrole nitrogens is 1. The number of aromatic amines is 1. The molecule has 0 fully saturated rings. The topological polar surface area (TPSA) is 53.9 Å². The van der Waals surface area contributed by atoms with E-state index in [2.05, 4.69) is 10.2 Å². The molecule has 0 saturated carbocycles. The molecule has 1 heterocycles. The number of rotatable bonds is 6. The van der Waals surface area contributed by atoms with Crippen molar-refractivity contribution < 1.29 is 13.6 Å². The van der Waals surface area contributed by atoms with Gasteiger partial charge in [-0.05, 0) is 25.2 Å². The molecule has 0 spiro atoms. The second-order valence-electron chi connectivity index (χ2n) is 6.61. The lowest BCUT2D eigenvalue weighted by Crippen LogP contribution is -2.27. The standard InChI is InChI=1S/C20H20F2N4OS/c1-13-3-5-14(6-4-13)19-23-24-20(28)26(19)10-9-18(27)25(2)12-15-7-8-16(21)11-17(15)22/h3-8,11H,9-10,12H2,1-2H3,(H,24,28). The normalized spacial score (nSPS) is 10.9. The number of benzene rings is 2. The molecular weight excluding hydrogens is 382 g/mol. The van der Waals surface area contributed by atoms with E-state index < -0.39 is 11.6 Å². The van der Waals surface area contributed by atoms with Crippen molar-refractivity contribution in [3.63, 3.8) is 0 Å². The summed E-state index contributed by atoms with van der Waals surface area (Å²) in [7, 11) is 1.58. The summed E-state index contributed by atoms with van der Waals surface area (Å²) < 4.78 is 29.0. The Morgan fingerprint density at radius 1 is 1.21 bits per heavy atom. The van der Waals surface area contributed by atoms with Gasteiger partial charge in [0.25, 0.3) is 0 Å². The highest BCUT2D eigenvalue weighted by atomic mass is 32.1. The third-order valence-corrected chi connectivity index (χ3v) is 4.78. The first-order valence-corrected chi connectivity index (χ1v) is 9.16. The van der Waals surface area contributed by atoms with E-state index in [1.54, 1.807) is 11.6 Å². The molecule has 28 heavy (non-hydrogen) atoms. The zero-order chi connectivity index (χ0) is 20.3. The fraction of sp³-hybridized carbons (Fsp3) is 0.250. The molecule has 0 aliphatic rings. The van der Waals surface area contributed by atoms with Crippen LogP contribution in [0.3, 0.4) is 0 Å². The number of aryl methyl sites for hydroxylation is 1. The summed E-state index contributed by atoms with van der Waals surface area (Å²) in [6, 6.07) is 11.2. The zero-order valence-electron chi connectivity index (χ0n) is 15.6. The smallest absolute Gasteiger partial charge is 0.224 e. The van der Waals surface area contributed by atoms with Gasteiger partial charge in [-0.3, -0.25) is 14.5 Å². The van der Waals surface area contributed by atoms with Gasteiger partial charge in [-0.2, -0.15) is 5.10 Å². The van der Waals surface area contributed by atoms with Crippen molar-refractivity contribution in [1.82, 2.24) is 19.7 Å². The van der Waals surface area contributed by atoms with Crippen LogP contribution in [0, 0.1) is 23.3 Å². The van der Waals surface area contributed by atoms with Gasteiger partial charge in [0.2, 0.25) is 5.91 Å². The number of nitrogens with one attached hydrogen (secondary N) is 1. The van der Waals surface area contributed by atoms with Crippen LogP contribution in [0.25, 0.3) is 11.4 Å². The molecule has 0 radical (unpaired) electrons. The van der Waals surface area contributed by atoms with Gasteiger partial charge in [0.15, 0.2) is 10.6 Å². The van der Waals surface area contributed by atoms with Crippen LogP contribution in [0.1, 0.15) is 17.5 Å². The maximum absolute atomic E-state index is 13.8. The number of nitrogens with zero attached hydrogens (tertiary/aromatic N) is 3. The predicted octanol–water partition coefficient (Wildman–Crippen LogP) is 4.24. The zero-order valence-corrected chi connectivity index (χ0v) is 16.4. The number of carbonyl (C=O) groups excluding carboxylic acids is 1. The van der Waals surface area contributed by atoms with E-state index in [-0.39, 0.29) is 24.4 Å². The van der Waals surface area contributed by atoms with Crippen molar-refractivity contribution in [2.24, 2.45) is 0 Å². The first kappa shape index (κ1) is 19.9. The second kappa shape index (κ2) is 8.43. The van der Waals surface area contributed by atoms with E-state index in [1.165, 1.54) is 17.0 Å². The first-order valence-electron chi connectivity index (χ1n) is 8.75. The van der Waals surface area contributed by atoms with Crippen LogP contribution < -0.4 is 0 Å². The Balaban J connectivity index is 1.68. The van der Waals surface area contributed by atoms with E-state index in [1.807, 2.05) is 31.2 Å². The van der Waals surface area contributed by atoms with Gasteiger partial charge in [0, 0.05) is 43.8 Å². The minimum absolute atomic E-state index is 0.0621. The molecule has 0 bridgehead atoms. The first-order chi connectivity index (χ1) is 13.3. The van der Waals surface area contributed by atoms with Crippen molar-refractivity contribution in [1.29, 1.82) is 0 Å². The molecule has 1 N–H and O–H groups in total. The molecule has 1 aromatic heterocycles. The van der Waals surface area contributed by atoms with Crippen LogP contribution in [-0.4, -0.2) is 32.6 Å². The minimum atomic E-state index is -0.668. The van der Waals surface area contributed by atoms with E-state index in [9.17, 15) is 13.6 Å². The van der Waals surface area contributed by atoms with Crippen molar-refractivity contribution in [3.8, 4) is 11.4 Å². The van der Waals surface area contributed by atoms with E-state index in [0.29, 0.717) is 17.1 Å². The highest BCUT2D eigenvalue weighted by Crippen LogP contribution is 2.19. The Morgan fingerprint density at radius 3 is 2.61 bits per heavy atom. The summed E-state index contributed by atoms with van der Waals surface area (Å²) in [5, 5.41) is 7.02. The van der Waals surface area contributed by atoms with E-state index >= 15 is 0 Å². The highest BCUT2D eigenvalue weighted by Gasteiger charge is 2.15. The highest BCUT2D eigenvalue weighted by molar-refractivity contribution is 7.71. The molecule has 0 unspecified atom stereocenters. The molecular formula is C20H20F2N4OS. The maximum atomic E-state index is 13.8. The molecule has 0 atom stereocenters. The Bertz CT molecular complexity index is 1040. The average Bonchev–Trinajstić information content (AvgIpc) is 3.03. The number of hydrogen-bond donors (Lipinski definition) is 1. The van der Waals surface area contributed by atoms with Crippen molar-refractivity contribution in [2.75, 3.05) is 7.05 Å². The summed E-state index contributed by atoms with van der Waals surface area (Å²) in [5.74, 6) is -0.835. The number of halogens is 2. The fourth-order valence-electron chi connectivity index (χ4n) is 2.84. The van der Waals surface area contributed by atoms with Gasteiger partial charge in [-0.25, -0.2) is 8.78 Å². The lowest BCUT2D eigenvalue weighted by molar-refractivity contribution is -0.130. The summed E-state index contributed by atoms with van der Waals surface area (Å²) in [4.78, 5) is 13.9. The predicted molar refractivity (Wildman–Crippen MR) is 105 cm³/mol. The summed E-state index contributed by atoms with van der Waals surface area (Å²) >= 11 is 5.29. The van der Waals surface area contributed by atoms with Crippen LogP contribution in [-0.2, 0) is 17.9 Å². The van der Waals surface area contributed by atoms with Gasteiger partial charge >= 0.3 is 0 Å². The van der Waals surface area contributed by atoms with Gasteiger partial charge in [-0.1, -0.05) is 35.9 Å². The van der Waals surface area contributed by atoms with Crippen molar-refractivity contribution in [2.45, 2.75) is 26.4 Å². The van der Waals surface area contributed by atoms with Crippen LogP contribution in [0.15, 0.2) is 42.5 Å². The molecule has 0 aliphatic heterocycles.